The molecule has 6 atom stereocenters. The zero-order valence-electron chi connectivity index (χ0n) is 14.2. The molecule has 0 aromatic heterocycles. The normalized spacial score (nSPS) is 57.0. The second-order valence-corrected chi connectivity index (χ2v) is 10.1. The van der Waals surface area contributed by atoms with E-state index in [1.807, 2.05) is 0 Å². The largest absolute Gasteiger partial charge is 0.0622 e. The summed E-state index contributed by atoms with van der Waals surface area (Å²) in [7, 11) is 0. The van der Waals surface area contributed by atoms with E-state index in [1.165, 1.54) is 19.3 Å². The Labute approximate surface area is 126 Å². The molecule has 0 N–H and O–H groups in total. The summed E-state index contributed by atoms with van der Waals surface area (Å²) in [4.78, 5) is 0. The maximum Gasteiger partial charge on any atom is -0.0258 e. The Bertz CT molecular complexity index is 404. The number of hydrogen-bond donors (Lipinski definition) is 0. The van der Waals surface area contributed by atoms with Gasteiger partial charge in [0.1, 0.15) is 0 Å². The molecule has 2 bridgehead atoms. The van der Waals surface area contributed by atoms with Gasteiger partial charge in [-0.15, -0.1) is 0 Å². The molecule has 0 nitrogen and oxygen atoms in total. The van der Waals surface area contributed by atoms with E-state index in [0.29, 0.717) is 10.8 Å². The van der Waals surface area contributed by atoms with E-state index in [9.17, 15) is 0 Å². The fourth-order valence-electron chi connectivity index (χ4n) is 8.12. The molecule has 4 saturated carbocycles. The zero-order chi connectivity index (χ0) is 14.2. The first-order valence-corrected chi connectivity index (χ1v) is 9.37. The molecule has 0 radical (unpaired) electrons. The lowest BCUT2D eigenvalue weighted by Crippen LogP contribution is -2.55. The fourth-order valence-corrected chi connectivity index (χ4v) is 8.12. The predicted octanol–water partition coefficient (Wildman–Crippen LogP) is 6.06. The molecule has 2 unspecified atom stereocenters. The second kappa shape index (κ2) is 4.05. The summed E-state index contributed by atoms with van der Waals surface area (Å²) in [5, 5.41) is 0. The molecule has 4 aliphatic carbocycles. The Morgan fingerprint density at radius 1 is 0.800 bits per heavy atom. The first kappa shape index (κ1) is 13.6. The van der Waals surface area contributed by atoms with Crippen LogP contribution in [0, 0.1) is 39.9 Å². The summed E-state index contributed by atoms with van der Waals surface area (Å²) >= 11 is 0. The third-order valence-electron chi connectivity index (χ3n) is 8.77. The zero-order valence-corrected chi connectivity index (χ0v) is 14.2. The lowest BCUT2D eigenvalue weighted by atomic mass is 9.41. The van der Waals surface area contributed by atoms with Crippen molar-refractivity contribution in [3.8, 4) is 0 Å². The highest BCUT2D eigenvalue weighted by Crippen LogP contribution is 2.72. The van der Waals surface area contributed by atoms with E-state index in [2.05, 4.69) is 27.7 Å². The first-order chi connectivity index (χ1) is 9.37. The second-order valence-electron chi connectivity index (χ2n) is 10.1. The Hall–Kier alpha value is 0. The number of hydrogen-bond acceptors (Lipinski definition) is 0. The molecule has 1 spiro atoms. The van der Waals surface area contributed by atoms with Crippen LogP contribution in [0.25, 0.3) is 0 Å². The lowest BCUT2D eigenvalue weighted by molar-refractivity contribution is -0.144. The van der Waals surface area contributed by atoms with Crippen molar-refractivity contribution in [2.75, 3.05) is 0 Å². The van der Waals surface area contributed by atoms with E-state index in [4.69, 9.17) is 0 Å². The summed E-state index contributed by atoms with van der Waals surface area (Å²) in [6.45, 7) is 10.4. The molecular weight excluding hydrogens is 240 g/mol. The van der Waals surface area contributed by atoms with Crippen LogP contribution in [0.1, 0.15) is 85.5 Å². The Morgan fingerprint density at radius 2 is 1.60 bits per heavy atom. The van der Waals surface area contributed by atoms with Gasteiger partial charge in [-0.3, -0.25) is 0 Å². The van der Waals surface area contributed by atoms with Crippen LogP contribution >= 0.6 is 0 Å². The molecule has 0 heteroatoms. The molecule has 4 aliphatic rings. The maximum absolute atomic E-state index is 2.72. The average molecular weight is 274 g/mol. The third-order valence-corrected chi connectivity index (χ3v) is 8.77. The van der Waals surface area contributed by atoms with Gasteiger partial charge in [0.25, 0.3) is 0 Å². The van der Waals surface area contributed by atoms with Crippen LogP contribution in [0.4, 0.5) is 0 Å². The van der Waals surface area contributed by atoms with Gasteiger partial charge in [-0.05, 0) is 91.3 Å². The van der Waals surface area contributed by atoms with E-state index < -0.39 is 0 Å². The van der Waals surface area contributed by atoms with Crippen LogP contribution in [0.2, 0.25) is 0 Å². The molecule has 0 saturated heterocycles. The highest BCUT2D eigenvalue weighted by atomic mass is 14.7. The van der Waals surface area contributed by atoms with E-state index >= 15 is 0 Å². The molecule has 20 heavy (non-hydrogen) atoms. The molecule has 0 aromatic rings. The summed E-state index contributed by atoms with van der Waals surface area (Å²) in [5.74, 6) is 4.18. The third kappa shape index (κ3) is 1.60. The molecule has 4 fully saturated rings. The van der Waals surface area contributed by atoms with Crippen molar-refractivity contribution in [3.63, 3.8) is 0 Å². The van der Waals surface area contributed by atoms with Crippen molar-refractivity contribution < 1.29 is 0 Å². The highest BCUT2D eigenvalue weighted by molar-refractivity contribution is 5.12. The van der Waals surface area contributed by atoms with Crippen LogP contribution in [0.3, 0.4) is 0 Å². The topological polar surface area (TPSA) is 0 Å². The smallest absolute Gasteiger partial charge is 0.0258 e. The van der Waals surface area contributed by atoms with E-state index in [1.54, 1.807) is 38.5 Å². The van der Waals surface area contributed by atoms with Crippen molar-refractivity contribution in [3.05, 3.63) is 0 Å². The van der Waals surface area contributed by atoms with Crippen LogP contribution in [-0.4, -0.2) is 0 Å². The molecule has 0 aromatic carbocycles. The van der Waals surface area contributed by atoms with Crippen molar-refractivity contribution in [2.24, 2.45) is 39.9 Å². The minimum absolute atomic E-state index is 0.607. The van der Waals surface area contributed by atoms with E-state index in [-0.39, 0.29) is 0 Å². The van der Waals surface area contributed by atoms with Gasteiger partial charge in [-0.1, -0.05) is 34.1 Å². The first-order valence-electron chi connectivity index (χ1n) is 9.37. The van der Waals surface area contributed by atoms with Crippen LogP contribution in [-0.2, 0) is 0 Å². The molecular formula is C20H34. The maximum atomic E-state index is 2.72. The number of rotatable bonds is 0. The van der Waals surface area contributed by atoms with Gasteiger partial charge in [0.2, 0.25) is 0 Å². The molecule has 0 aliphatic heterocycles. The van der Waals surface area contributed by atoms with Crippen molar-refractivity contribution in [2.45, 2.75) is 85.5 Å². The van der Waals surface area contributed by atoms with Crippen molar-refractivity contribution in [1.82, 2.24) is 0 Å². The van der Waals surface area contributed by atoms with Gasteiger partial charge >= 0.3 is 0 Å². The van der Waals surface area contributed by atoms with Gasteiger partial charge in [-0.25, -0.2) is 0 Å². The SMILES string of the molecule is CC1C[C@@]23CC[C@H]4C(C)(C)CCC[C@]4(C)[C@H]2CCC1C3. The Morgan fingerprint density at radius 3 is 2.40 bits per heavy atom. The minimum Gasteiger partial charge on any atom is -0.0622 e. The van der Waals surface area contributed by atoms with Crippen LogP contribution < -0.4 is 0 Å². The predicted molar refractivity (Wildman–Crippen MR) is 85.5 cm³/mol. The van der Waals surface area contributed by atoms with Gasteiger partial charge in [-0.2, -0.15) is 0 Å². The lowest BCUT2D eigenvalue weighted by Gasteiger charge is -2.64. The van der Waals surface area contributed by atoms with Crippen LogP contribution in [0.5, 0.6) is 0 Å². The van der Waals surface area contributed by atoms with Gasteiger partial charge in [0, 0.05) is 0 Å². The summed E-state index contributed by atoms with van der Waals surface area (Å²) in [5.41, 5.74) is 2.06. The fraction of sp³-hybridized carbons (Fsp3) is 1.00. The highest BCUT2D eigenvalue weighted by Gasteiger charge is 2.63. The monoisotopic (exact) mass is 274 g/mol. The summed E-state index contributed by atoms with van der Waals surface area (Å²) in [6.07, 6.45) is 13.9. The van der Waals surface area contributed by atoms with Crippen LogP contribution in [0.15, 0.2) is 0 Å². The summed E-state index contributed by atoms with van der Waals surface area (Å²) < 4.78 is 0. The number of fused-ring (bicyclic) bond motifs is 3. The van der Waals surface area contributed by atoms with Gasteiger partial charge in [0.15, 0.2) is 0 Å². The minimum atomic E-state index is 0.607. The molecule has 0 heterocycles. The van der Waals surface area contributed by atoms with Crippen molar-refractivity contribution in [1.29, 1.82) is 0 Å². The van der Waals surface area contributed by atoms with Gasteiger partial charge in [0.05, 0.1) is 0 Å². The Kier molecular flexibility index (Phi) is 2.76. The standard InChI is InChI=1S/C20H34/c1-14-12-20-11-8-16-18(2,3)9-5-10-19(16,4)17(20)7-6-15(14)13-20/h14-17H,5-13H2,1-4H3/t14?,15?,16-,17+,19-,20+/m0/s1. The molecule has 4 rings (SSSR count). The van der Waals surface area contributed by atoms with Crippen molar-refractivity contribution >= 4 is 0 Å². The molecule has 0 amide bonds. The van der Waals surface area contributed by atoms with Gasteiger partial charge < -0.3 is 0 Å². The molecule has 114 valence electrons. The van der Waals surface area contributed by atoms with E-state index in [0.717, 1.165) is 29.1 Å². The average Bonchev–Trinajstić information content (AvgIpc) is 2.58. The Balaban J connectivity index is 1.72. The quantitative estimate of drug-likeness (QED) is 0.504. The summed E-state index contributed by atoms with van der Waals surface area (Å²) in [6, 6.07) is 0.